The van der Waals surface area contributed by atoms with Gasteiger partial charge >= 0.3 is 0 Å². The van der Waals surface area contributed by atoms with E-state index in [4.69, 9.17) is 13.7 Å². The van der Waals surface area contributed by atoms with E-state index < -0.39 is 16.2 Å². The van der Waals surface area contributed by atoms with E-state index in [9.17, 15) is 13.5 Å². The predicted molar refractivity (Wildman–Crippen MR) is 144 cm³/mol. The fraction of sp³-hybridized carbons (Fsp3) is 0.357. The molecule has 0 bridgehead atoms. The number of benzene rings is 2. The molecule has 3 rings (SSSR count). The maximum atomic E-state index is 12.0. The molecule has 0 saturated heterocycles. The molecule has 1 heterocycles. The molecule has 1 atom stereocenters. The molecule has 9 nitrogen and oxygen atoms in total. The summed E-state index contributed by atoms with van der Waals surface area (Å²) in [6, 6.07) is 15.6. The molecule has 1 aromatic heterocycles. The summed E-state index contributed by atoms with van der Waals surface area (Å²) < 4.78 is 41.4. The lowest BCUT2D eigenvalue weighted by molar-refractivity contribution is 0.0471. The third-order valence-electron chi connectivity index (χ3n) is 5.26. The first-order valence-corrected chi connectivity index (χ1v) is 13.5. The predicted octanol–water partition coefficient (Wildman–Crippen LogP) is 3.47. The van der Waals surface area contributed by atoms with Crippen LogP contribution in [0, 0.1) is 17.3 Å². The van der Waals surface area contributed by atoms with Crippen LogP contribution < -0.4 is 0 Å². The van der Waals surface area contributed by atoms with Crippen molar-refractivity contribution in [3.8, 4) is 11.8 Å². The molecule has 0 saturated carbocycles. The second-order valence-electron chi connectivity index (χ2n) is 9.36. The first-order valence-electron chi connectivity index (χ1n) is 12.1. The number of nitrogens with zero attached hydrogens (tertiary/aromatic N) is 3. The van der Waals surface area contributed by atoms with Gasteiger partial charge in [0, 0.05) is 5.56 Å². The molecule has 0 spiro atoms. The lowest BCUT2D eigenvalue weighted by Crippen LogP contribution is -2.29. The van der Waals surface area contributed by atoms with Gasteiger partial charge < -0.3 is 14.6 Å². The molecule has 0 amide bonds. The quantitative estimate of drug-likeness (QED) is 0.212. The first-order chi connectivity index (χ1) is 18.2. The van der Waals surface area contributed by atoms with E-state index in [1.165, 1.54) is 18.5 Å². The standard InChI is InChI=1S/C28H33N3O6S/c1-28(2,3)27(32)26(31-22-29-21-30-31)20-24-10-7-9-23(19-24)11-8-14-35-15-16-36-17-18-37-38(33,34)25-12-5-4-6-13-25/h4-7,9-10,12-13,19-22,27,32H,14-18H2,1-3H3/b26-20+. The van der Waals surface area contributed by atoms with Crippen LogP contribution >= 0.6 is 0 Å². The maximum absolute atomic E-state index is 12.0. The van der Waals surface area contributed by atoms with Gasteiger partial charge in [0.25, 0.3) is 10.1 Å². The van der Waals surface area contributed by atoms with Gasteiger partial charge in [0.05, 0.1) is 37.0 Å². The van der Waals surface area contributed by atoms with E-state index >= 15 is 0 Å². The maximum Gasteiger partial charge on any atom is 0.297 e. The molecule has 0 radical (unpaired) electrons. The Kier molecular flexibility index (Phi) is 10.8. The fourth-order valence-corrected chi connectivity index (χ4v) is 4.19. The summed E-state index contributed by atoms with van der Waals surface area (Å²) in [5.74, 6) is 6.03. The summed E-state index contributed by atoms with van der Waals surface area (Å²) in [4.78, 5) is 4.11. The monoisotopic (exact) mass is 539 g/mol. The largest absolute Gasteiger partial charge is 0.386 e. The minimum absolute atomic E-state index is 0.0762. The average Bonchev–Trinajstić information content (AvgIpc) is 3.43. The highest BCUT2D eigenvalue weighted by Gasteiger charge is 2.27. The van der Waals surface area contributed by atoms with Gasteiger partial charge in [-0.3, -0.25) is 4.18 Å². The normalized spacial score (nSPS) is 13.1. The van der Waals surface area contributed by atoms with Gasteiger partial charge in [-0.15, -0.1) is 0 Å². The van der Waals surface area contributed by atoms with E-state index in [1.807, 2.05) is 51.1 Å². The first kappa shape index (κ1) is 29.2. The highest BCUT2D eigenvalue weighted by atomic mass is 32.2. The van der Waals surface area contributed by atoms with Crippen molar-refractivity contribution in [1.82, 2.24) is 14.8 Å². The average molecular weight is 540 g/mol. The molecule has 10 heteroatoms. The highest BCUT2D eigenvalue weighted by Crippen LogP contribution is 2.28. The summed E-state index contributed by atoms with van der Waals surface area (Å²) >= 11 is 0. The van der Waals surface area contributed by atoms with Crippen molar-refractivity contribution >= 4 is 21.9 Å². The van der Waals surface area contributed by atoms with Crippen molar-refractivity contribution in [1.29, 1.82) is 0 Å². The van der Waals surface area contributed by atoms with E-state index in [0.29, 0.717) is 12.3 Å². The van der Waals surface area contributed by atoms with Crippen LogP contribution in [-0.2, 0) is 23.8 Å². The van der Waals surface area contributed by atoms with Crippen molar-refractivity contribution in [2.75, 3.05) is 33.0 Å². The fourth-order valence-electron chi connectivity index (χ4n) is 3.27. The second-order valence-corrected chi connectivity index (χ2v) is 11.0. The summed E-state index contributed by atoms with van der Waals surface area (Å²) in [7, 11) is -3.78. The Morgan fingerprint density at radius 1 is 1.05 bits per heavy atom. The van der Waals surface area contributed by atoms with Gasteiger partial charge in [-0.25, -0.2) is 9.67 Å². The van der Waals surface area contributed by atoms with Gasteiger partial charge in [-0.05, 0) is 41.3 Å². The minimum atomic E-state index is -3.78. The minimum Gasteiger partial charge on any atom is -0.386 e. The van der Waals surface area contributed by atoms with Crippen LogP contribution in [0.5, 0.6) is 0 Å². The topological polar surface area (TPSA) is 113 Å². The summed E-state index contributed by atoms with van der Waals surface area (Å²) in [6.07, 6.45) is 4.11. The Hall–Kier alpha value is -3.33. The molecule has 1 N–H and O–H groups in total. The molecule has 0 aliphatic rings. The summed E-state index contributed by atoms with van der Waals surface area (Å²) in [6.45, 7) is 6.75. The number of aromatic nitrogens is 3. The molecule has 0 aliphatic carbocycles. The zero-order valence-electron chi connectivity index (χ0n) is 21.8. The molecule has 3 aromatic rings. The number of aliphatic hydroxyl groups excluding tert-OH is 1. The number of hydrogen-bond donors (Lipinski definition) is 1. The van der Waals surface area contributed by atoms with E-state index in [1.54, 1.807) is 29.2 Å². The van der Waals surface area contributed by atoms with Crippen molar-refractivity contribution in [3.63, 3.8) is 0 Å². The number of rotatable bonds is 12. The van der Waals surface area contributed by atoms with Crippen LogP contribution in [0.1, 0.15) is 31.9 Å². The van der Waals surface area contributed by atoms with Crippen LogP contribution in [0.15, 0.2) is 72.1 Å². The molecule has 202 valence electrons. The van der Waals surface area contributed by atoms with Gasteiger partial charge in [0.2, 0.25) is 0 Å². The smallest absolute Gasteiger partial charge is 0.297 e. The van der Waals surface area contributed by atoms with Crippen molar-refractivity contribution < 1.29 is 27.2 Å². The van der Waals surface area contributed by atoms with E-state index in [-0.39, 0.29) is 36.7 Å². The zero-order valence-corrected chi connectivity index (χ0v) is 22.6. The Labute approximate surface area is 224 Å². The number of ether oxygens (including phenoxy) is 2. The van der Waals surface area contributed by atoms with Crippen LogP contribution in [0.4, 0.5) is 0 Å². The third-order valence-corrected chi connectivity index (χ3v) is 6.59. The van der Waals surface area contributed by atoms with E-state index in [2.05, 4.69) is 21.9 Å². The van der Waals surface area contributed by atoms with E-state index in [0.717, 1.165) is 11.1 Å². The molecule has 38 heavy (non-hydrogen) atoms. The van der Waals surface area contributed by atoms with Crippen molar-refractivity contribution in [3.05, 3.63) is 78.4 Å². The summed E-state index contributed by atoms with van der Waals surface area (Å²) in [5, 5.41) is 15.1. The highest BCUT2D eigenvalue weighted by molar-refractivity contribution is 7.86. The van der Waals surface area contributed by atoms with Crippen LogP contribution in [0.2, 0.25) is 0 Å². The molecule has 1 unspecified atom stereocenters. The SMILES string of the molecule is CC(C)(C)C(O)/C(=C\c1cccc(C#CCOCCOCCOS(=O)(=O)c2ccccc2)c1)n1cncn1. The molecule has 2 aromatic carbocycles. The third kappa shape index (κ3) is 9.20. The Balaban J connectivity index is 1.43. The lowest BCUT2D eigenvalue weighted by atomic mass is 9.86. The van der Waals surface area contributed by atoms with Gasteiger partial charge in [0.1, 0.15) is 25.4 Å². The van der Waals surface area contributed by atoms with Crippen molar-refractivity contribution in [2.45, 2.75) is 31.8 Å². The zero-order chi connectivity index (χ0) is 27.4. The van der Waals surface area contributed by atoms with Crippen molar-refractivity contribution in [2.24, 2.45) is 5.41 Å². The summed E-state index contributed by atoms with van der Waals surface area (Å²) in [5.41, 5.74) is 1.91. The second kappa shape index (κ2) is 14.0. The Bertz CT molecular complexity index is 1340. The molecular formula is C28H33N3O6S. The molecule has 0 aliphatic heterocycles. The van der Waals surface area contributed by atoms with Gasteiger partial charge in [-0.1, -0.05) is 62.9 Å². The van der Waals surface area contributed by atoms with Gasteiger partial charge in [-0.2, -0.15) is 13.5 Å². The Morgan fingerprint density at radius 2 is 1.79 bits per heavy atom. The van der Waals surface area contributed by atoms with Crippen LogP contribution in [0.25, 0.3) is 11.8 Å². The van der Waals surface area contributed by atoms with Crippen LogP contribution in [-0.4, -0.2) is 67.4 Å². The molecule has 0 fully saturated rings. The van der Waals surface area contributed by atoms with Gasteiger partial charge in [0.15, 0.2) is 0 Å². The van der Waals surface area contributed by atoms with Crippen LogP contribution in [0.3, 0.4) is 0 Å². The lowest BCUT2D eigenvalue weighted by Gasteiger charge is -2.28. The number of aliphatic hydroxyl groups is 1. The number of hydrogen-bond acceptors (Lipinski definition) is 8. The molecular weight excluding hydrogens is 506 g/mol. The Morgan fingerprint density at radius 3 is 2.50 bits per heavy atom.